The van der Waals surface area contributed by atoms with E-state index in [9.17, 15) is 0 Å². The third kappa shape index (κ3) is 21.9. The highest BCUT2D eigenvalue weighted by molar-refractivity contribution is 7.79. The molecule has 1 rings (SSSR count). The van der Waals surface area contributed by atoms with Gasteiger partial charge in [0.2, 0.25) is 0 Å². The summed E-state index contributed by atoms with van der Waals surface area (Å²) in [7, 11) is -4.67. The summed E-state index contributed by atoms with van der Waals surface area (Å²) in [4.78, 5) is 0. The van der Waals surface area contributed by atoms with Gasteiger partial charge in [-0.3, -0.25) is 9.11 Å². The molecule has 0 saturated heterocycles. The Kier molecular flexibility index (Phi) is 15.3. The van der Waals surface area contributed by atoms with E-state index in [-0.39, 0.29) is 0 Å². The van der Waals surface area contributed by atoms with Gasteiger partial charge < -0.3 is 0 Å². The summed E-state index contributed by atoms with van der Waals surface area (Å²) in [6.45, 7) is 2.30. The molecule has 0 unspecified atom stereocenters. The maximum Gasteiger partial charge on any atom is 0.394 e. The SMILES string of the molecule is CCCCCCCCCC1CCCCCCCC1.O=S(=O)(O)O. The molecule has 0 spiro atoms. The van der Waals surface area contributed by atoms with Crippen LogP contribution in [0.4, 0.5) is 0 Å². The number of hydrogen-bond donors (Lipinski definition) is 2. The molecule has 140 valence electrons. The molecule has 4 nitrogen and oxygen atoms in total. The van der Waals surface area contributed by atoms with E-state index in [0.717, 1.165) is 5.92 Å². The van der Waals surface area contributed by atoms with Crippen LogP contribution in [0.1, 0.15) is 110 Å². The van der Waals surface area contributed by atoms with Crippen molar-refractivity contribution < 1.29 is 17.5 Å². The predicted octanol–water partition coefficient (Wildman–Crippen LogP) is 6.22. The lowest BCUT2D eigenvalue weighted by molar-refractivity contribution is 0.381. The Hall–Kier alpha value is -0.130. The van der Waals surface area contributed by atoms with Crippen LogP contribution in [0.25, 0.3) is 0 Å². The van der Waals surface area contributed by atoms with Gasteiger partial charge in [0.05, 0.1) is 0 Å². The molecule has 0 radical (unpaired) electrons. The predicted molar refractivity (Wildman–Crippen MR) is 97.2 cm³/mol. The highest BCUT2D eigenvalue weighted by Crippen LogP contribution is 2.26. The quantitative estimate of drug-likeness (QED) is 0.402. The molecule has 0 atom stereocenters. The van der Waals surface area contributed by atoms with Crippen molar-refractivity contribution in [3.8, 4) is 0 Å². The Labute approximate surface area is 144 Å². The van der Waals surface area contributed by atoms with Gasteiger partial charge in [0.1, 0.15) is 0 Å². The fraction of sp³-hybridized carbons (Fsp3) is 1.00. The van der Waals surface area contributed by atoms with Gasteiger partial charge in [-0.05, 0) is 5.92 Å². The molecule has 0 aromatic heterocycles. The minimum atomic E-state index is -4.67. The molecule has 2 N–H and O–H groups in total. The van der Waals surface area contributed by atoms with E-state index in [0.29, 0.717) is 0 Å². The largest absolute Gasteiger partial charge is 0.394 e. The maximum absolute atomic E-state index is 8.74. The van der Waals surface area contributed by atoms with Crippen LogP contribution < -0.4 is 0 Å². The molecule has 1 aliphatic carbocycles. The smallest absolute Gasteiger partial charge is 0.264 e. The molecule has 0 bridgehead atoms. The monoisotopic (exact) mass is 350 g/mol. The second kappa shape index (κ2) is 15.4. The van der Waals surface area contributed by atoms with Crippen molar-refractivity contribution >= 4 is 10.4 Å². The molecule has 0 aliphatic heterocycles. The minimum Gasteiger partial charge on any atom is -0.264 e. The van der Waals surface area contributed by atoms with Gasteiger partial charge in [-0.25, -0.2) is 0 Å². The minimum absolute atomic E-state index is 1.08. The van der Waals surface area contributed by atoms with Gasteiger partial charge in [-0.2, -0.15) is 8.42 Å². The zero-order valence-electron chi connectivity index (χ0n) is 15.0. The molecular weight excluding hydrogens is 312 g/mol. The van der Waals surface area contributed by atoms with E-state index in [1.165, 1.54) is 103 Å². The molecule has 0 heterocycles. The van der Waals surface area contributed by atoms with E-state index >= 15 is 0 Å². The summed E-state index contributed by atoms with van der Waals surface area (Å²) in [6, 6.07) is 0. The molecular formula is C18H38O4S. The van der Waals surface area contributed by atoms with Crippen molar-refractivity contribution in [3.05, 3.63) is 0 Å². The molecule has 0 aromatic carbocycles. The first-order chi connectivity index (χ1) is 10.9. The summed E-state index contributed by atoms with van der Waals surface area (Å²) in [5, 5.41) is 0. The molecule has 1 saturated carbocycles. The summed E-state index contributed by atoms with van der Waals surface area (Å²) < 4.78 is 31.6. The van der Waals surface area contributed by atoms with Gasteiger partial charge in [0.25, 0.3) is 0 Å². The molecule has 5 heteroatoms. The zero-order valence-corrected chi connectivity index (χ0v) is 15.8. The Balaban J connectivity index is 0.000000841. The first kappa shape index (κ1) is 22.9. The van der Waals surface area contributed by atoms with Crippen LogP contribution in [0, 0.1) is 5.92 Å². The summed E-state index contributed by atoms with van der Waals surface area (Å²) in [5.41, 5.74) is 0. The lowest BCUT2D eigenvalue weighted by Gasteiger charge is -2.15. The van der Waals surface area contributed by atoms with E-state index in [4.69, 9.17) is 17.5 Å². The lowest BCUT2D eigenvalue weighted by Crippen LogP contribution is -2.00. The lowest BCUT2D eigenvalue weighted by atomic mass is 9.91. The third-order valence-electron chi connectivity index (χ3n) is 4.69. The van der Waals surface area contributed by atoms with E-state index in [1.807, 2.05) is 0 Å². The van der Waals surface area contributed by atoms with E-state index in [2.05, 4.69) is 6.92 Å². The first-order valence-electron chi connectivity index (χ1n) is 9.63. The van der Waals surface area contributed by atoms with Crippen molar-refractivity contribution in [3.63, 3.8) is 0 Å². The van der Waals surface area contributed by atoms with Crippen molar-refractivity contribution in [2.45, 2.75) is 110 Å². The Morgan fingerprint density at radius 1 is 0.739 bits per heavy atom. The fourth-order valence-electron chi connectivity index (χ4n) is 3.40. The highest BCUT2D eigenvalue weighted by Gasteiger charge is 2.10. The van der Waals surface area contributed by atoms with Crippen molar-refractivity contribution in [1.82, 2.24) is 0 Å². The van der Waals surface area contributed by atoms with Crippen molar-refractivity contribution in [1.29, 1.82) is 0 Å². The highest BCUT2D eigenvalue weighted by atomic mass is 32.3. The third-order valence-corrected chi connectivity index (χ3v) is 4.69. The van der Waals surface area contributed by atoms with Crippen LogP contribution in [0.2, 0.25) is 0 Å². The average molecular weight is 351 g/mol. The van der Waals surface area contributed by atoms with Crippen LogP contribution in [-0.2, 0) is 10.4 Å². The van der Waals surface area contributed by atoms with Crippen LogP contribution in [0.5, 0.6) is 0 Å². The Bertz CT molecular complexity index is 323. The molecule has 0 amide bonds. The van der Waals surface area contributed by atoms with Gasteiger partial charge >= 0.3 is 10.4 Å². The number of unbranched alkanes of at least 4 members (excludes halogenated alkanes) is 6. The van der Waals surface area contributed by atoms with Crippen LogP contribution in [0.3, 0.4) is 0 Å². The molecule has 1 aliphatic rings. The number of hydrogen-bond acceptors (Lipinski definition) is 2. The van der Waals surface area contributed by atoms with Crippen molar-refractivity contribution in [2.75, 3.05) is 0 Å². The topological polar surface area (TPSA) is 74.6 Å². The van der Waals surface area contributed by atoms with Crippen LogP contribution in [0.15, 0.2) is 0 Å². The van der Waals surface area contributed by atoms with Gasteiger partial charge in [-0.15, -0.1) is 0 Å². The molecule has 23 heavy (non-hydrogen) atoms. The normalized spacial score (nSPS) is 17.5. The standard InChI is InChI=1S/C18H36.H2O4S/c1-2-3-4-5-6-9-12-15-18-16-13-10-7-8-11-14-17-18;1-5(2,3)4/h18H,2-17H2,1H3;(H2,1,2,3,4). The summed E-state index contributed by atoms with van der Waals surface area (Å²) in [5.74, 6) is 1.08. The van der Waals surface area contributed by atoms with Crippen LogP contribution in [-0.4, -0.2) is 17.5 Å². The molecule has 1 fully saturated rings. The Morgan fingerprint density at radius 2 is 1.13 bits per heavy atom. The van der Waals surface area contributed by atoms with Gasteiger partial charge in [0, 0.05) is 0 Å². The second-order valence-electron chi connectivity index (χ2n) is 6.92. The summed E-state index contributed by atoms with van der Waals surface area (Å²) in [6.07, 6.45) is 23.9. The average Bonchev–Trinajstić information content (AvgIpc) is 2.58. The van der Waals surface area contributed by atoms with E-state index in [1.54, 1.807) is 0 Å². The first-order valence-corrected chi connectivity index (χ1v) is 11.0. The van der Waals surface area contributed by atoms with Gasteiger partial charge in [0.15, 0.2) is 0 Å². The molecule has 0 aromatic rings. The van der Waals surface area contributed by atoms with Crippen molar-refractivity contribution in [2.24, 2.45) is 5.92 Å². The number of rotatable bonds is 8. The van der Waals surface area contributed by atoms with Crippen LogP contribution >= 0.6 is 0 Å². The Morgan fingerprint density at radius 3 is 1.61 bits per heavy atom. The summed E-state index contributed by atoms with van der Waals surface area (Å²) >= 11 is 0. The van der Waals surface area contributed by atoms with E-state index < -0.39 is 10.4 Å². The van der Waals surface area contributed by atoms with Gasteiger partial charge in [-0.1, -0.05) is 110 Å². The zero-order chi connectivity index (χ0) is 17.4. The second-order valence-corrected chi connectivity index (χ2v) is 7.82. The fourth-order valence-corrected chi connectivity index (χ4v) is 3.40. The maximum atomic E-state index is 8.74.